The Morgan fingerprint density at radius 3 is 2.59 bits per heavy atom. The van der Waals surface area contributed by atoms with Crippen molar-refractivity contribution in [1.82, 2.24) is 4.98 Å². The van der Waals surface area contributed by atoms with Gasteiger partial charge in [0.1, 0.15) is 5.56 Å². The van der Waals surface area contributed by atoms with Gasteiger partial charge in [-0.15, -0.1) is 0 Å². The van der Waals surface area contributed by atoms with Crippen molar-refractivity contribution < 1.29 is 9.90 Å². The van der Waals surface area contributed by atoms with E-state index in [0.29, 0.717) is 5.69 Å². The van der Waals surface area contributed by atoms with E-state index in [0.717, 1.165) is 5.69 Å². The minimum absolute atomic E-state index is 0.121. The van der Waals surface area contributed by atoms with E-state index in [1.165, 1.54) is 12.4 Å². The molecule has 86 valence electrons. The van der Waals surface area contributed by atoms with Crippen LogP contribution in [-0.2, 0) is 0 Å². The van der Waals surface area contributed by atoms with E-state index < -0.39 is 5.97 Å². The van der Waals surface area contributed by atoms with Gasteiger partial charge in [-0.2, -0.15) is 0 Å². The quantitative estimate of drug-likeness (QED) is 0.701. The van der Waals surface area contributed by atoms with Crippen molar-refractivity contribution in [2.45, 2.75) is 0 Å². The highest BCUT2D eigenvalue weighted by atomic mass is 16.4. The maximum atomic E-state index is 10.9. The van der Waals surface area contributed by atoms with Gasteiger partial charge in [0.2, 0.25) is 0 Å². The van der Waals surface area contributed by atoms with Crippen LogP contribution in [0.2, 0.25) is 0 Å². The number of aromatic nitrogens is 1. The molecule has 0 saturated heterocycles. The van der Waals surface area contributed by atoms with Gasteiger partial charge in [0.15, 0.2) is 0 Å². The monoisotopic (exact) mass is 229 g/mol. The Hall–Kier alpha value is -2.56. The number of benzene rings is 1. The predicted molar refractivity (Wildman–Crippen MR) is 64.9 cm³/mol. The summed E-state index contributed by atoms with van der Waals surface area (Å²) in [5, 5.41) is 8.96. The van der Waals surface area contributed by atoms with E-state index in [9.17, 15) is 4.79 Å². The van der Waals surface area contributed by atoms with E-state index in [1.807, 2.05) is 30.3 Å². The van der Waals surface area contributed by atoms with Gasteiger partial charge in [-0.3, -0.25) is 10.4 Å². The number of carboxylic acids is 1. The maximum absolute atomic E-state index is 10.9. The molecule has 1 aromatic carbocycles. The first-order valence-electron chi connectivity index (χ1n) is 5.02. The molecular formula is C12H11N3O2. The van der Waals surface area contributed by atoms with Gasteiger partial charge >= 0.3 is 5.97 Å². The van der Waals surface area contributed by atoms with E-state index >= 15 is 0 Å². The second kappa shape index (κ2) is 4.98. The van der Waals surface area contributed by atoms with Gasteiger partial charge in [0, 0.05) is 12.4 Å². The second-order valence-corrected chi connectivity index (χ2v) is 3.34. The first-order chi connectivity index (χ1) is 8.27. The molecule has 0 atom stereocenters. The lowest BCUT2D eigenvalue weighted by Gasteiger charge is -2.11. The molecule has 17 heavy (non-hydrogen) atoms. The molecule has 2 aromatic rings. The Labute approximate surface area is 98.1 Å². The number of hydrazine groups is 1. The number of carboxylic acid groups (broad SMARTS) is 1. The Bertz CT molecular complexity index is 514. The summed E-state index contributed by atoms with van der Waals surface area (Å²) in [7, 11) is 0. The minimum atomic E-state index is -1.02. The van der Waals surface area contributed by atoms with Gasteiger partial charge in [0.05, 0.1) is 11.4 Å². The van der Waals surface area contributed by atoms with Crippen molar-refractivity contribution >= 4 is 17.3 Å². The number of anilines is 2. The van der Waals surface area contributed by atoms with E-state index in [4.69, 9.17) is 5.11 Å². The van der Waals surface area contributed by atoms with Gasteiger partial charge in [-0.25, -0.2) is 4.79 Å². The fraction of sp³-hybridized carbons (Fsp3) is 0. The van der Waals surface area contributed by atoms with Crippen LogP contribution < -0.4 is 10.9 Å². The first kappa shape index (κ1) is 10.9. The molecule has 0 aliphatic heterocycles. The van der Waals surface area contributed by atoms with Crippen LogP contribution in [0.5, 0.6) is 0 Å². The van der Waals surface area contributed by atoms with Crippen molar-refractivity contribution in [3.8, 4) is 0 Å². The zero-order valence-corrected chi connectivity index (χ0v) is 8.92. The summed E-state index contributed by atoms with van der Waals surface area (Å²) in [5.41, 5.74) is 7.19. The number of pyridine rings is 1. The summed E-state index contributed by atoms with van der Waals surface area (Å²) in [6.45, 7) is 0. The molecular weight excluding hydrogens is 218 g/mol. The molecule has 5 heteroatoms. The molecule has 0 radical (unpaired) electrons. The Kier molecular flexibility index (Phi) is 3.20. The zero-order chi connectivity index (χ0) is 12.1. The molecule has 5 nitrogen and oxygen atoms in total. The van der Waals surface area contributed by atoms with E-state index in [1.54, 1.807) is 6.07 Å². The fourth-order valence-corrected chi connectivity index (χ4v) is 1.33. The van der Waals surface area contributed by atoms with Crippen molar-refractivity contribution in [2.75, 3.05) is 10.9 Å². The van der Waals surface area contributed by atoms with Crippen LogP contribution in [0.25, 0.3) is 0 Å². The first-order valence-corrected chi connectivity index (χ1v) is 5.02. The molecule has 0 unspecified atom stereocenters. The highest BCUT2D eigenvalue weighted by molar-refractivity contribution is 5.93. The zero-order valence-electron chi connectivity index (χ0n) is 8.92. The number of carbonyl (C=O) groups is 1. The second-order valence-electron chi connectivity index (χ2n) is 3.34. The van der Waals surface area contributed by atoms with Crippen molar-refractivity contribution in [2.24, 2.45) is 0 Å². The normalized spacial score (nSPS) is 9.65. The third-order valence-electron chi connectivity index (χ3n) is 2.17. The standard InChI is InChI=1S/C12H11N3O2/c16-12(17)10-8-13-7-6-11(10)15-14-9-4-2-1-3-5-9/h1-8,14H,(H,13,15)(H,16,17). The summed E-state index contributed by atoms with van der Waals surface area (Å²) in [5.74, 6) is -1.02. The average Bonchev–Trinajstić information content (AvgIpc) is 2.38. The minimum Gasteiger partial charge on any atom is -0.478 e. The van der Waals surface area contributed by atoms with Gasteiger partial charge in [-0.1, -0.05) is 18.2 Å². The van der Waals surface area contributed by atoms with Gasteiger partial charge < -0.3 is 10.5 Å². The smallest absolute Gasteiger partial charge is 0.339 e. The average molecular weight is 229 g/mol. The highest BCUT2D eigenvalue weighted by Gasteiger charge is 2.08. The number of para-hydroxylation sites is 1. The predicted octanol–water partition coefficient (Wildman–Crippen LogP) is 2.22. The molecule has 0 bridgehead atoms. The van der Waals surface area contributed by atoms with Crippen LogP contribution >= 0.6 is 0 Å². The molecule has 1 heterocycles. The Balaban J connectivity index is 2.12. The molecule has 1 aromatic heterocycles. The number of nitrogens with zero attached hydrogens (tertiary/aromatic N) is 1. The number of aromatic carboxylic acids is 1. The number of hydrogen-bond donors (Lipinski definition) is 3. The van der Waals surface area contributed by atoms with Crippen molar-refractivity contribution in [1.29, 1.82) is 0 Å². The largest absolute Gasteiger partial charge is 0.478 e. The SMILES string of the molecule is O=C(O)c1cnccc1NNc1ccccc1. The van der Waals surface area contributed by atoms with Gasteiger partial charge in [0.25, 0.3) is 0 Å². The fourth-order valence-electron chi connectivity index (χ4n) is 1.33. The van der Waals surface area contributed by atoms with Crippen LogP contribution in [0.4, 0.5) is 11.4 Å². The molecule has 0 fully saturated rings. The molecule has 0 spiro atoms. The number of rotatable bonds is 4. The van der Waals surface area contributed by atoms with Crippen LogP contribution in [0.1, 0.15) is 10.4 Å². The third kappa shape index (κ3) is 2.72. The van der Waals surface area contributed by atoms with Crippen molar-refractivity contribution in [3.63, 3.8) is 0 Å². The summed E-state index contributed by atoms with van der Waals surface area (Å²) in [6.07, 6.45) is 2.83. The topological polar surface area (TPSA) is 74.2 Å². The lowest BCUT2D eigenvalue weighted by molar-refractivity contribution is 0.0697. The lowest BCUT2D eigenvalue weighted by atomic mass is 10.2. The van der Waals surface area contributed by atoms with E-state index in [-0.39, 0.29) is 5.56 Å². The summed E-state index contributed by atoms with van der Waals surface area (Å²) in [6, 6.07) is 11.0. The van der Waals surface area contributed by atoms with Crippen LogP contribution in [0.3, 0.4) is 0 Å². The summed E-state index contributed by atoms with van der Waals surface area (Å²) < 4.78 is 0. The van der Waals surface area contributed by atoms with Gasteiger partial charge in [-0.05, 0) is 18.2 Å². The Morgan fingerprint density at radius 1 is 1.12 bits per heavy atom. The molecule has 0 saturated carbocycles. The summed E-state index contributed by atoms with van der Waals surface area (Å²) in [4.78, 5) is 14.7. The van der Waals surface area contributed by atoms with E-state index in [2.05, 4.69) is 15.8 Å². The lowest BCUT2D eigenvalue weighted by Crippen LogP contribution is -2.12. The maximum Gasteiger partial charge on any atom is 0.339 e. The van der Waals surface area contributed by atoms with Crippen LogP contribution in [0, 0.1) is 0 Å². The molecule has 3 N–H and O–H groups in total. The van der Waals surface area contributed by atoms with Crippen LogP contribution in [-0.4, -0.2) is 16.1 Å². The number of hydrogen-bond acceptors (Lipinski definition) is 4. The molecule has 0 amide bonds. The van der Waals surface area contributed by atoms with Crippen molar-refractivity contribution in [3.05, 3.63) is 54.4 Å². The molecule has 0 aliphatic carbocycles. The Morgan fingerprint density at radius 2 is 1.88 bits per heavy atom. The summed E-state index contributed by atoms with van der Waals surface area (Å²) >= 11 is 0. The molecule has 2 rings (SSSR count). The third-order valence-corrected chi connectivity index (χ3v) is 2.17. The highest BCUT2D eigenvalue weighted by Crippen LogP contribution is 2.14. The van der Waals surface area contributed by atoms with Crippen LogP contribution in [0.15, 0.2) is 48.8 Å². The molecule has 0 aliphatic rings. The number of nitrogens with one attached hydrogen (secondary N) is 2.